The maximum atomic E-state index is 5.86. The third kappa shape index (κ3) is 7.83. The van der Waals surface area contributed by atoms with Gasteiger partial charge in [0.05, 0.1) is 32.9 Å². The highest BCUT2D eigenvalue weighted by Gasteiger charge is 2.23. The maximum absolute atomic E-state index is 5.86. The molecule has 1 atom stereocenters. The van der Waals surface area contributed by atoms with Gasteiger partial charge in [-0.2, -0.15) is 0 Å². The first kappa shape index (κ1) is 26.2. The molecule has 0 spiro atoms. The molecule has 8 heteroatoms. The lowest BCUT2D eigenvalue weighted by Crippen LogP contribution is -2.46. The van der Waals surface area contributed by atoms with Crippen LogP contribution in [-0.4, -0.2) is 71.0 Å². The highest BCUT2D eigenvalue weighted by molar-refractivity contribution is 14.0. The highest BCUT2D eigenvalue weighted by atomic mass is 127. The fraction of sp³-hybridized carbons (Fsp3) is 0.458. The van der Waals surface area contributed by atoms with Crippen LogP contribution in [-0.2, 0) is 4.74 Å². The molecular weight excluding hydrogens is 519 g/mol. The second-order valence-electron chi connectivity index (χ2n) is 7.43. The normalized spacial score (nSPS) is 15.4. The second-order valence-corrected chi connectivity index (χ2v) is 7.43. The first-order valence-electron chi connectivity index (χ1n) is 10.8. The van der Waals surface area contributed by atoms with Gasteiger partial charge in [0, 0.05) is 26.7 Å². The number of halogens is 1. The molecule has 2 aromatic carbocycles. The molecule has 7 nitrogen and oxygen atoms in total. The molecule has 2 aromatic rings. The van der Waals surface area contributed by atoms with Crippen molar-refractivity contribution in [2.45, 2.75) is 13.0 Å². The number of guanidine groups is 1. The van der Waals surface area contributed by atoms with Crippen molar-refractivity contribution < 1.29 is 14.2 Å². The van der Waals surface area contributed by atoms with Gasteiger partial charge >= 0.3 is 0 Å². The quantitative estimate of drug-likeness (QED) is 0.215. The van der Waals surface area contributed by atoms with Gasteiger partial charge in [0.25, 0.3) is 0 Å². The van der Waals surface area contributed by atoms with Crippen LogP contribution in [0.1, 0.15) is 17.2 Å². The number of aryl methyl sites for hydroxylation is 1. The lowest BCUT2D eigenvalue weighted by molar-refractivity contribution is 0.0170. The summed E-state index contributed by atoms with van der Waals surface area (Å²) in [5.41, 5.74) is 2.38. The Bertz CT molecular complexity index is 826. The highest BCUT2D eigenvalue weighted by Crippen LogP contribution is 2.23. The molecular formula is C24H35IN4O3. The van der Waals surface area contributed by atoms with Crippen molar-refractivity contribution >= 4 is 29.9 Å². The van der Waals surface area contributed by atoms with Gasteiger partial charge < -0.3 is 24.8 Å². The number of morpholine rings is 1. The molecule has 2 N–H and O–H groups in total. The van der Waals surface area contributed by atoms with Crippen LogP contribution < -0.4 is 20.1 Å². The van der Waals surface area contributed by atoms with Gasteiger partial charge in [0.15, 0.2) is 5.96 Å². The summed E-state index contributed by atoms with van der Waals surface area (Å²) in [5, 5.41) is 6.81. The van der Waals surface area contributed by atoms with Crippen LogP contribution in [0.15, 0.2) is 53.5 Å². The van der Waals surface area contributed by atoms with Crippen LogP contribution >= 0.6 is 24.0 Å². The van der Waals surface area contributed by atoms with E-state index in [-0.39, 0.29) is 30.0 Å². The second kappa shape index (κ2) is 14.2. The Kier molecular flexibility index (Phi) is 11.6. The molecule has 1 unspecified atom stereocenters. The molecule has 0 aromatic heterocycles. The predicted molar refractivity (Wildman–Crippen MR) is 140 cm³/mol. The van der Waals surface area contributed by atoms with E-state index in [0.717, 1.165) is 55.9 Å². The monoisotopic (exact) mass is 554 g/mol. The Morgan fingerprint density at radius 3 is 2.47 bits per heavy atom. The summed E-state index contributed by atoms with van der Waals surface area (Å²) in [4.78, 5) is 6.82. The summed E-state index contributed by atoms with van der Waals surface area (Å²) in [6, 6.07) is 16.5. The largest absolute Gasteiger partial charge is 0.497 e. The standard InChI is InChI=1S/C24H34N4O3.HI/c1-19-6-4-5-7-23(19)31-15-12-26-24(25-2)27-18-22(28-13-16-30-17-14-28)20-8-10-21(29-3)11-9-20;/h4-11,22H,12-18H2,1-3H3,(H2,25,26,27);1H. The van der Waals surface area contributed by atoms with Crippen molar-refractivity contribution in [3.05, 3.63) is 59.7 Å². The van der Waals surface area contributed by atoms with Gasteiger partial charge in [0.1, 0.15) is 18.1 Å². The Labute approximate surface area is 208 Å². The third-order valence-corrected chi connectivity index (χ3v) is 5.42. The van der Waals surface area contributed by atoms with Gasteiger partial charge in [-0.1, -0.05) is 30.3 Å². The number of rotatable bonds is 9. The van der Waals surface area contributed by atoms with Gasteiger partial charge in [-0.25, -0.2) is 0 Å². The molecule has 1 aliphatic rings. The zero-order valence-corrected chi connectivity index (χ0v) is 21.5. The molecule has 32 heavy (non-hydrogen) atoms. The van der Waals surface area contributed by atoms with Crippen molar-refractivity contribution in [3.8, 4) is 11.5 Å². The fourth-order valence-electron chi connectivity index (χ4n) is 3.64. The number of nitrogens with one attached hydrogen (secondary N) is 2. The van der Waals surface area contributed by atoms with E-state index in [1.807, 2.05) is 43.3 Å². The molecule has 1 heterocycles. The molecule has 1 aliphatic heterocycles. The van der Waals surface area contributed by atoms with Crippen LogP contribution in [0.3, 0.4) is 0 Å². The van der Waals surface area contributed by atoms with Crippen molar-refractivity contribution in [2.24, 2.45) is 4.99 Å². The fourth-order valence-corrected chi connectivity index (χ4v) is 3.64. The van der Waals surface area contributed by atoms with E-state index in [2.05, 4.69) is 32.7 Å². The van der Waals surface area contributed by atoms with Gasteiger partial charge in [-0.15, -0.1) is 24.0 Å². The van der Waals surface area contributed by atoms with Gasteiger partial charge in [0.2, 0.25) is 0 Å². The van der Waals surface area contributed by atoms with E-state index in [1.165, 1.54) is 5.56 Å². The summed E-state index contributed by atoms with van der Waals surface area (Å²) < 4.78 is 16.7. The van der Waals surface area contributed by atoms with Crippen molar-refractivity contribution in [3.63, 3.8) is 0 Å². The average molecular weight is 554 g/mol. The Hall–Kier alpha value is -2.04. The van der Waals surface area contributed by atoms with E-state index >= 15 is 0 Å². The van der Waals surface area contributed by atoms with Crippen LogP contribution in [0.5, 0.6) is 11.5 Å². The Balaban J connectivity index is 0.00000363. The summed E-state index contributed by atoms with van der Waals surface area (Å²) in [5.74, 6) is 2.54. The topological polar surface area (TPSA) is 67.4 Å². The lowest BCUT2D eigenvalue weighted by atomic mass is 10.0. The van der Waals surface area contributed by atoms with Crippen LogP contribution in [0.4, 0.5) is 0 Å². The third-order valence-electron chi connectivity index (χ3n) is 5.42. The summed E-state index contributed by atoms with van der Waals surface area (Å²) in [6.07, 6.45) is 0. The summed E-state index contributed by atoms with van der Waals surface area (Å²) in [6.45, 7) is 7.36. The van der Waals surface area contributed by atoms with Gasteiger partial charge in [-0.05, 0) is 36.2 Å². The van der Waals surface area contributed by atoms with Gasteiger partial charge in [-0.3, -0.25) is 9.89 Å². The van der Waals surface area contributed by atoms with Crippen LogP contribution in [0, 0.1) is 6.92 Å². The number of hydrogen-bond donors (Lipinski definition) is 2. The minimum Gasteiger partial charge on any atom is -0.497 e. The molecule has 1 saturated heterocycles. The van der Waals surface area contributed by atoms with Crippen molar-refractivity contribution in [2.75, 3.05) is 60.2 Å². The average Bonchev–Trinajstić information content (AvgIpc) is 2.82. The zero-order valence-electron chi connectivity index (χ0n) is 19.2. The first-order valence-corrected chi connectivity index (χ1v) is 10.8. The summed E-state index contributed by atoms with van der Waals surface area (Å²) >= 11 is 0. The first-order chi connectivity index (χ1) is 15.2. The number of nitrogens with zero attached hydrogens (tertiary/aromatic N) is 2. The van der Waals surface area contributed by atoms with E-state index in [4.69, 9.17) is 14.2 Å². The van der Waals surface area contributed by atoms with Crippen LogP contribution in [0.2, 0.25) is 0 Å². The Morgan fingerprint density at radius 2 is 1.81 bits per heavy atom. The molecule has 1 fully saturated rings. The number of benzene rings is 2. The molecule has 0 radical (unpaired) electrons. The van der Waals surface area contributed by atoms with Crippen LogP contribution in [0.25, 0.3) is 0 Å². The smallest absolute Gasteiger partial charge is 0.191 e. The van der Waals surface area contributed by atoms with E-state index < -0.39 is 0 Å². The number of ether oxygens (including phenoxy) is 3. The SMILES string of the molecule is CN=C(NCCOc1ccccc1C)NCC(c1ccc(OC)cc1)N1CCOCC1.I. The van der Waals surface area contributed by atoms with Crippen molar-refractivity contribution in [1.29, 1.82) is 0 Å². The zero-order chi connectivity index (χ0) is 21.9. The molecule has 176 valence electrons. The van der Waals surface area contributed by atoms with E-state index in [0.29, 0.717) is 13.2 Å². The van der Waals surface area contributed by atoms with E-state index in [1.54, 1.807) is 14.2 Å². The molecule has 0 aliphatic carbocycles. The Morgan fingerprint density at radius 1 is 1.09 bits per heavy atom. The predicted octanol–water partition coefficient (Wildman–Crippen LogP) is 3.24. The van der Waals surface area contributed by atoms with E-state index in [9.17, 15) is 0 Å². The number of hydrogen-bond acceptors (Lipinski definition) is 5. The molecule has 0 saturated carbocycles. The molecule has 0 amide bonds. The van der Waals surface area contributed by atoms with Crippen molar-refractivity contribution in [1.82, 2.24) is 15.5 Å². The number of aliphatic imine (C=N–C) groups is 1. The minimum absolute atomic E-state index is 0. The minimum atomic E-state index is 0. The lowest BCUT2D eigenvalue weighted by Gasteiger charge is -2.35. The number of para-hydroxylation sites is 1. The molecule has 0 bridgehead atoms. The maximum Gasteiger partial charge on any atom is 0.191 e. The summed E-state index contributed by atoms with van der Waals surface area (Å²) in [7, 11) is 3.48. The molecule has 3 rings (SSSR count). The number of methoxy groups -OCH3 is 1.